The molecule has 0 N–H and O–H groups in total. The molecule has 1 aliphatic carbocycles. The second kappa shape index (κ2) is 8.45. The topological polar surface area (TPSA) is 60.9 Å². The van der Waals surface area contributed by atoms with Crippen LogP contribution in [0.3, 0.4) is 0 Å². The molecule has 2 heterocycles. The van der Waals surface area contributed by atoms with Gasteiger partial charge in [-0.1, -0.05) is 6.08 Å². The van der Waals surface area contributed by atoms with Gasteiger partial charge in [0.2, 0.25) is 5.75 Å². The number of hydrogen-bond acceptors (Lipinski definition) is 6. The second-order valence-corrected chi connectivity index (χ2v) is 8.13. The molecule has 154 valence electrons. The van der Waals surface area contributed by atoms with Crippen molar-refractivity contribution in [2.75, 3.05) is 27.9 Å². The molecule has 1 aromatic carbocycles. The Morgan fingerprint density at radius 3 is 2.66 bits per heavy atom. The highest BCUT2D eigenvalue weighted by atomic mass is 32.1. The Bertz CT molecular complexity index is 937. The standard InChI is InChI=1S/C22H26N2O4S/c1-26-18-11-10-15(19(27-2)20(18)28-3)21-23-16(13-29-21)22(25)24-12-6-8-14-7-4-5-9-17(14)24/h9-11,13-14H,4-8,12H2,1-3H3. The quantitative estimate of drug-likeness (QED) is 0.706. The zero-order chi connectivity index (χ0) is 20.4. The van der Waals surface area contributed by atoms with E-state index in [1.165, 1.54) is 36.3 Å². The first-order valence-corrected chi connectivity index (χ1v) is 10.8. The van der Waals surface area contributed by atoms with E-state index in [0.29, 0.717) is 28.9 Å². The van der Waals surface area contributed by atoms with Gasteiger partial charge >= 0.3 is 0 Å². The normalized spacial score (nSPS) is 18.7. The number of aromatic nitrogens is 1. The van der Waals surface area contributed by atoms with Crippen molar-refractivity contribution in [1.29, 1.82) is 0 Å². The van der Waals surface area contributed by atoms with E-state index in [0.717, 1.165) is 30.0 Å². The number of allylic oxidation sites excluding steroid dienone is 2. The van der Waals surface area contributed by atoms with Gasteiger partial charge in [0.1, 0.15) is 10.7 Å². The first-order chi connectivity index (χ1) is 14.2. The number of benzene rings is 1. The van der Waals surface area contributed by atoms with Crippen LogP contribution in [0.25, 0.3) is 10.6 Å². The number of ether oxygens (including phenoxy) is 3. The maximum absolute atomic E-state index is 13.2. The molecule has 1 fully saturated rings. The lowest BCUT2D eigenvalue weighted by Crippen LogP contribution is -2.39. The summed E-state index contributed by atoms with van der Waals surface area (Å²) in [4.78, 5) is 19.8. The summed E-state index contributed by atoms with van der Waals surface area (Å²) in [7, 11) is 4.75. The fourth-order valence-corrected chi connectivity index (χ4v) is 5.11. The Hall–Kier alpha value is -2.54. The Morgan fingerprint density at radius 2 is 1.90 bits per heavy atom. The summed E-state index contributed by atoms with van der Waals surface area (Å²) in [6.07, 6.45) is 7.93. The summed E-state index contributed by atoms with van der Waals surface area (Å²) >= 11 is 1.43. The fraction of sp³-hybridized carbons (Fsp3) is 0.455. The predicted octanol–water partition coefficient (Wildman–Crippen LogP) is 4.76. The van der Waals surface area contributed by atoms with E-state index in [4.69, 9.17) is 14.2 Å². The number of amides is 1. The third-order valence-corrected chi connectivity index (χ3v) is 6.55. The monoisotopic (exact) mass is 414 g/mol. The predicted molar refractivity (Wildman–Crippen MR) is 113 cm³/mol. The molecule has 1 aromatic heterocycles. The number of thiazole rings is 1. The van der Waals surface area contributed by atoms with Crippen LogP contribution in [-0.2, 0) is 0 Å². The molecule has 0 bridgehead atoms. The molecule has 7 heteroatoms. The zero-order valence-corrected chi connectivity index (χ0v) is 17.9. The molecular formula is C22H26N2O4S. The van der Waals surface area contributed by atoms with Crippen LogP contribution < -0.4 is 14.2 Å². The van der Waals surface area contributed by atoms with E-state index in [1.54, 1.807) is 21.3 Å². The van der Waals surface area contributed by atoms with Crippen molar-refractivity contribution in [3.8, 4) is 27.8 Å². The van der Waals surface area contributed by atoms with Crippen LogP contribution in [0.5, 0.6) is 17.2 Å². The maximum Gasteiger partial charge on any atom is 0.277 e. The molecule has 1 atom stereocenters. The van der Waals surface area contributed by atoms with Crippen molar-refractivity contribution in [2.45, 2.75) is 32.1 Å². The van der Waals surface area contributed by atoms with Crippen LogP contribution in [0, 0.1) is 5.92 Å². The first kappa shape index (κ1) is 19.8. The number of methoxy groups -OCH3 is 3. The summed E-state index contributed by atoms with van der Waals surface area (Å²) in [6.45, 7) is 0.772. The summed E-state index contributed by atoms with van der Waals surface area (Å²) in [5, 5.41) is 2.55. The smallest absolute Gasteiger partial charge is 0.277 e. The third-order valence-electron chi connectivity index (χ3n) is 5.68. The van der Waals surface area contributed by atoms with Crippen molar-refractivity contribution in [2.24, 2.45) is 5.92 Å². The number of carbonyl (C=O) groups is 1. The van der Waals surface area contributed by atoms with E-state index in [1.807, 2.05) is 22.4 Å². The van der Waals surface area contributed by atoms with Gasteiger partial charge in [0.15, 0.2) is 11.5 Å². The molecule has 2 aliphatic rings. The lowest BCUT2D eigenvalue weighted by atomic mass is 9.85. The summed E-state index contributed by atoms with van der Waals surface area (Å²) in [6, 6.07) is 3.70. The number of likely N-dealkylation sites (tertiary alicyclic amines) is 1. The summed E-state index contributed by atoms with van der Waals surface area (Å²) in [5.41, 5.74) is 2.46. The number of rotatable bonds is 5. The lowest BCUT2D eigenvalue weighted by Gasteiger charge is -2.37. The summed E-state index contributed by atoms with van der Waals surface area (Å²) < 4.78 is 16.4. The van der Waals surface area contributed by atoms with Gasteiger partial charge in [-0.25, -0.2) is 4.98 Å². The average Bonchev–Trinajstić information content (AvgIpc) is 3.27. The second-order valence-electron chi connectivity index (χ2n) is 7.28. The van der Waals surface area contributed by atoms with E-state index in [2.05, 4.69) is 11.1 Å². The van der Waals surface area contributed by atoms with Gasteiger partial charge in [-0.2, -0.15) is 0 Å². The molecule has 0 saturated carbocycles. The van der Waals surface area contributed by atoms with Crippen LogP contribution in [0.1, 0.15) is 42.6 Å². The van der Waals surface area contributed by atoms with Crippen molar-refractivity contribution in [3.05, 3.63) is 35.0 Å². The van der Waals surface area contributed by atoms with Gasteiger partial charge in [0, 0.05) is 17.6 Å². The minimum atomic E-state index is -0.00945. The van der Waals surface area contributed by atoms with Crippen molar-refractivity contribution >= 4 is 17.2 Å². The van der Waals surface area contributed by atoms with Crippen LogP contribution in [0.4, 0.5) is 0 Å². The fourth-order valence-electron chi connectivity index (χ4n) is 4.30. The largest absolute Gasteiger partial charge is 0.493 e. The number of fused-ring (bicyclic) bond motifs is 1. The number of hydrogen-bond donors (Lipinski definition) is 0. The molecule has 2 aromatic rings. The Balaban J connectivity index is 1.65. The third kappa shape index (κ3) is 3.59. The van der Waals surface area contributed by atoms with Crippen LogP contribution in [0.15, 0.2) is 29.3 Å². The molecule has 0 spiro atoms. The van der Waals surface area contributed by atoms with E-state index < -0.39 is 0 Å². The van der Waals surface area contributed by atoms with E-state index >= 15 is 0 Å². The molecule has 1 unspecified atom stereocenters. The molecule has 1 aliphatic heterocycles. The zero-order valence-electron chi connectivity index (χ0n) is 17.1. The molecule has 4 rings (SSSR count). The van der Waals surface area contributed by atoms with Gasteiger partial charge in [-0.3, -0.25) is 4.79 Å². The van der Waals surface area contributed by atoms with Crippen LogP contribution in [-0.4, -0.2) is 43.7 Å². The van der Waals surface area contributed by atoms with Gasteiger partial charge in [0.25, 0.3) is 5.91 Å². The van der Waals surface area contributed by atoms with Gasteiger partial charge in [-0.05, 0) is 50.2 Å². The van der Waals surface area contributed by atoms with Crippen molar-refractivity contribution in [3.63, 3.8) is 0 Å². The molecular weight excluding hydrogens is 388 g/mol. The Labute approximate surface area is 175 Å². The lowest BCUT2D eigenvalue weighted by molar-refractivity contribution is 0.0744. The van der Waals surface area contributed by atoms with Gasteiger partial charge in [0.05, 0.1) is 26.9 Å². The SMILES string of the molecule is COc1ccc(-c2nc(C(=O)N3CCCC4CCCC=C43)cs2)c(OC)c1OC. The van der Waals surface area contributed by atoms with Gasteiger partial charge < -0.3 is 19.1 Å². The van der Waals surface area contributed by atoms with Crippen molar-refractivity contribution in [1.82, 2.24) is 9.88 Å². The maximum atomic E-state index is 13.2. The Kier molecular flexibility index (Phi) is 5.76. The molecule has 29 heavy (non-hydrogen) atoms. The molecule has 1 amide bonds. The molecule has 6 nitrogen and oxygen atoms in total. The Morgan fingerprint density at radius 1 is 1.10 bits per heavy atom. The number of nitrogens with zero attached hydrogens (tertiary/aromatic N) is 2. The summed E-state index contributed by atoms with van der Waals surface area (Å²) in [5.74, 6) is 2.16. The van der Waals surface area contributed by atoms with Crippen LogP contribution in [0.2, 0.25) is 0 Å². The minimum Gasteiger partial charge on any atom is -0.493 e. The van der Waals surface area contributed by atoms with Crippen LogP contribution >= 0.6 is 11.3 Å². The first-order valence-electron chi connectivity index (χ1n) is 9.94. The molecule has 1 saturated heterocycles. The highest BCUT2D eigenvalue weighted by molar-refractivity contribution is 7.13. The van der Waals surface area contributed by atoms with E-state index in [9.17, 15) is 4.79 Å². The average molecular weight is 415 g/mol. The van der Waals surface area contributed by atoms with E-state index in [-0.39, 0.29) is 5.91 Å². The van der Waals surface area contributed by atoms with Gasteiger partial charge in [-0.15, -0.1) is 11.3 Å². The number of carbonyl (C=O) groups excluding carboxylic acids is 1. The minimum absolute atomic E-state index is 0.00945. The van der Waals surface area contributed by atoms with Crippen molar-refractivity contribution < 1.29 is 19.0 Å². The number of piperidine rings is 1. The molecule has 0 radical (unpaired) electrons. The highest BCUT2D eigenvalue weighted by Gasteiger charge is 2.32. The highest BCUT2D eigenvalue weighted by Crippen LogP contribution is 2.45.